The molecule has 0 saturated heterocycles. The summed E-state index contributed by atoms with van der Waals surface area (Å²) in [6.07, 6.45) is 0.908. The quantitative estimate of drug-likeness (QED) is 0.853. The Morgan fingerprint density at radius 3 is 2.58 bits per heavy atom. The molecular weight excluding hydrogens is 345 g/mol. The number of alkyl halides is 3. The van der Waals surface area contributed by atoms with E-state index in [1.54, 1.807) is 23.0 Å². The number of rotatable bonds is 4. The van der Waals surface area contributed by atoms with Crippen molar-refractivity contribution in [3.63, 3.8) is 0 Å². The highest BCUT2D eigenvalue weighted by atomic mass is 19.4. The van der Waals surface area contributed by atoms with Crippen LogP contribution in [0.5, 0.6) is 0 Å². The third-order valence-corrected chi connectivity index (χ3v) is 4.62. The number of carbonyl (C=O) groups is 1. The van der Waals surface area contributed by atoms with Gasteiger partial charge in [-0.3, -0.25) is 4.68 Å². The van der Waals surface area contributed by atoms with Crippen molar-refractivity contribution < 1.29 is 18.0 Å². The molecule has 140 valence electrons. The Balaban J connectivity index is 1.55. The molecule has 0 radical (unpaired) electrons. The minimum Gasteiger partial charge on any atom is -0.335 e. The van der Waals surface area contributed by atoms with Crippen LogP contribution in [0.1, 0.15) is 31.2 Å². The van der Waals surface area contributed by atoms with Gasteiger partial charge >= 0.3 is 12.2 Å². The van der Waals surface area contributed by atoms with E-state index in [-0.39, 0.29) is 6.42 Å². The van der Waals surface area contributed by atoms with Crippen molar-refractivity contribution in [2.24, 2.45) is 5.92 Å². The Bertz CT molecular complexity index is 713. The molecule has 1 aromatic heterocycles. The van der Waals surface area contributed by atoms with Gasteiger partial charge in [-0.2, -0.15) is 18.3 Å². The molecule has 26 heavy (non-hydrogen) atoms. The lowest BCUT2D eigenvalue weighted by atomic mass is 9.84. The highest BCUT2D eigenvalue weighted by molar-refractivity contribution is 5.89. The average Bonchev–Trinajstić information content (AvgIpc) is 3.09. The van der Waals surface area contributed by atoms with Gasteiger partial charge in [-0.05, 0) is 36.6 Å². The number of nitrogens with one attached hydrogen (secondary N) is 2. The molecule has 1 saturated carbocycles. The molecule has 1 aliphatic rings. The molecule has 2 unspecified atom stereocenters. The van der Waals surface area contributed by atoms with Crippen LogP contribution >= 0.6 is 0 Å². The third kappa shape index (κ3) is 4.77. The van der Waals surface area contributed by atoms with Crippen LogP contribution in [0.2, 0.25) is 0 Å². The Hall–Kier alpha value is -2.51. The maximum absolute atomic E-state index is 13.1. The van der Waals surface area contributed by atoms with Gasteiger partial charge < -0.3 is 10.6 Å². The molecule has 2 aromatic rings. The lowest BCUT2D eigenvalue weighted by molar-refractivity contribution is -0.187. The maximum Gasteiger partial charge on any atom is 0.393 e. The molecule has 0 spiro atoms. The maximum atomic E-state index is 13.1. The van der Waals surface area contributed by atoms with Gasteiger partial charge in [0.15, 0.2) is 0 Å². The van der Waals surface area contributed by atoms with Crippen molar-refractivity contribution in [1.29, 1.82) is 0 Å². The highest BCUT2D eigenvalue weighted by Crippen LogP contribution is 2.37. The fraction of sp³-hybridized carbons (Fsp3) is 0.444. The number of urea groups is 1. The predicted octanol–water partition coefficient (Wildman–Crippen LogP) is 4.17. The van der Waals surface area contributed by atoms with Gasteiger partial charge in [0.05, 0.1) is 12.5 Å². The summed E-state index contributed by atoms with van der Waals surface area (Å²) in [5, 5.41) is 9.22. The van der Waals surface area contributed by atoms with Crippen molar-refractivity contribution >= 4 is 11.7 Å². The number of benzene rings is 1. The Kier molecular flexibility index (Phi) is 5.49. The molecule has 5 nitrogen and oxygen atoms in total. The summed E-state index contributed by atoms with van der Waals surface area (Å²) in [6.45, 7) is 0.606. The fourth-order valence-electron chi connectivity index (χ4n) is 3.31. The van der Waals surface area contributed by atoms with Crippen LogP contribution in [0.3, 0.4) is 0 Å². The normalized spacial score (nSPS) is 20.6. The lowest BCUT2D eigenvalue weighted by Gasteiger charge is -2.33. The minimum absolute atomic E-state index is 0.0660. The van der Waals surface area contributed by atoms with Crippen molar-refractivity contribution in [2.75, 3.05) is 5.32 Å². The third-order valence-electron chi connectivity index (χ3n) is 4.62. The molecule has 1 fully saturated rings. The SMILES string of the molecule is O=C(Nc1ccc(Cn2cccn2)cc1)NC1CCCCC1C(F)(F)F. The van der Waals surface area contributed by atoms with Crippen LogP contribution in [0.25, 0.3) is 0 Å². The van der Waals surface area contributed by atoms with Crippen LogP contribution < -0.4 is 10.6 Å². The summed E-state index contributed by atoms with van der Waals surface area (Å²) in [4.78, 5) is 12.1. The van der Waals surface area contributed by atoms with E-state index in [1.165, 1.54) is 0 Å². The first-order valence-corrected chi connectivity index (χ1v) is 8.62. The summed E-state index contributed by atoms with van der Waals surface area (Å²) >= 11 is 0. The second-order valence-electron chi connectivity index (χ2n) is 6.54. The lowest BCUT2D eigenvalue weighted by Crippen LogP contribution is -2.48. The topological polar surface area (TPSA) is 59.0 Å². The van der Waals surface area contributed by atoms with Gasteiger partial charge in [-0.1, -0.05) is 25.0 Å². The molecule has 1 heterocycles. The molecular formula is C18H21F3N4O. The number of hydrogen-bond donors (Lipinski definition) is 2. The number of nitrogens with zero attached hydrogens (tertiary/aromatic N) is 2. The van der Waals surface area contributed by atoms with E-state index in [9.17, 15) is 18.0 Å². The number of aromatic nitrogens is 2. The fourth-order valence-corrected chi connectivity index (χ4v) is 3.31. The molecule has 0 aliphatic heterocycles. The molecule has 2 atom stereocenters. The van der Waals surface area contributed by atoms with Gasteiger partial charge in [0.1, 0.15) is 0 Å². The number of anilines is 1. The Morgan fingerprint density at radius 1 is 1.19 bits per heavy atom. The molecule has 1 aromatic carbocycles. The average molecular weight is 366 g/mol. The van der Waals surface area contributed by atoms with Crippen molar-refractivity contribution in [3.05, 3.63) is 48.3 Å². The van der Waals surface area contributed by atoms with Crippen LogP contribution in [0.15, 0.2) is 42.7 Å². The van der Waals surface area contributed by atoms with Crippen LogP contribution in [0, 0.1) is 5.92 Å². The predicted molar refractivity (Wildman–Crippen MR) is 91.7 cm³/mol. The molecule has 8 heteroatoms. The highest BCUT2D eigenvalue weighted by Gasteiger charge is 2.45. The second kappa shape index (κ2) is 7.80. The zero-order chi connectivity index (χ0) is 18.6. The molecule has 2 N–H and O–H groups in total. The Labute approximate surface area is 149 Å². The van der Waals surface area contributed by atoms with E-state index in [1.807, 2.05) is 24.4 Å². The Morgan fingerprint density at radius 2 is 1.92 bits per heavy atom. The summed E-state index contributed by atoms with van der Waals surface area (Å²) < 4.78 is 41.0. The van der Waals surface area contributed by atoms with Crippen LogP contribution in [-0.4, -0.2) is 28.0 Å². The molecule has 0 bridgehead atoms. The van der Waals surface area contributed by atoms with Crippen LogP contribution in [-0.2, 0) is 6.54 Å². The first kappa shape index (κ1) is 18.3. The van der Waals surface area contributed by atoms with Crippen molar-refractivity contribution in [2.45, 2.75) is 44.4 Å². The smallest absolute Gasteiger partial charge is 0.335 e. The van der Waals surface area contributed by atoms with Gasteiger partial charge in [0, 0.05) is 24.1 Å². The number of carbonyl (C=O) groups excluding carboxylic acids is 1. The first-order valence-electron chi connectivity index (χ1n) is 8.62. The molecule has 3 rings (SSSR count). The van der Waals surface area contributed by atoms with Gasteiger partial charge in [0.2, 0.25) is 0 Å². The number of halogens is 3. The monoisotopic (exact) mass is 366 g/mol. The minimum atomic E-state index is -4.29. The van der Waals surface area contributed by atoms with E-state index in [0.29, 0.717) is 31.5 Å². The van der Waals surface area contributed by atoms with Gasteiger partial charge in [-0.15, -0.1) is 0 Å². The van der Waals surface area contributed by atoms with Crippen molar-refractivity contribution in [1.82, 2.24) is 15.1 Å². The van der Waals surface area contributed by atoms with Crippen molar-refractivity contribution in [3.8, 4) is 0 Å². The van der Waals surface area contributed by atoms with E-state index >= 15 is 0 Å². The van der Waals surface area contributed by atoms with Gasteiger partial charge in [0.25, 0.3) is 0 Å². The number of amides is 2. The largest absolute Gasteiger partial charge is 0.393 e. The second-order valence-corrected chi connectivity index (χ2v) is 6.54. The zero-order valence-corrected chi connectivity index (χ0v) is 14.2. The summed E-state index contributed by atoms with van der Waals surface area (Å²) in [7, 11) is 0. The summed E-state index contributed by atoms with van der Waals surface area (Å²) in [5.74, 6) is -1.47. The van der Waals surface area contributed by atoms with Crippen LogP contribution in [0.4, 0.5) is 23.7 Å². The standard InChI is InChI=1S/C18H21F3N4O/c19-18(20,21)15-4-1-2-5-16(15)24-17(26)23-14-8-6-13(7-9-14)12-25-11-3-10-22-25/h3,6-11,15-16H,1-2,4-5,12H2,(H2,23,24,26). The van der Waals surface area contributed by atoms with E-state index in [0.717, 1.165) is 5.56 Å². The summed E-state index contributed by atoms with van der Waals surface area (Å²) in [6, 6.07) is 7.49. The summed E-state index contributed by atoms with van der Waals surface area (Å²) in [5.41, 5.74) is 1.54. The zero-order valence-electron chi connectivity index (χ0n) is 14.2. The first-order chi connectivity index (χ1) is 12.4. The van der Waals surface area contributed by atoms with E-state index < -0.39 is 24.2 Å². The molecule has 1 aliphatic carbocycles. The molecule has 2 amide bonds. The van der Waals surface area contributed by atoms with Gasteiger partial charge in [-0.25, -0.2) is 4.79 Å². The van der Waals surface area contributed by atoms with E-state index in [4.69, 9.17) is 0 Å². The van der Waals surface area contributed by atoms with E-state index in [2.05, 4.69) is 15.7 Å². The number of hydrogen-bond acceptors (Lipinski definition) is 2.